The minimum Gasteiger partial charge on any atom is -0.388 e. The Morgan fingerprint density at radius 2 is 2.14 bits per heavy atom. The fourth-order valence-corrected chi connectivity index (χ4v) is 3.32. The SMILES string of the molecule is CSCC(C)(O)CNCc1cn(C)nc1-c1ccccc1Cl. The van der Waals surface area contributed by atoms with Gasteiger partial charge in [-0.3, -0.25) is 4.68 Å². The Morgan fingerprint density at radius 1 is 1.41 bits per heavy atom. The molecule has 0 fully saturated rings. The molecule has 2 aromatic rings. The highest BCUT2D eigenvalue weighted by Crippen LogP contribution is 2.28. The van der Waals surface area contributed by atoms with E-state index in [1.54, 1.807) is 16.4 Å². The number of benzene rings is 1. The Balaban J connectivity index is 2.11. The van der Waals surface area contributed by atoms with Crippen molar-refractivity contribution in [2.75, 3.05) is 18.6 Å². The van der Waals surface area contributed by atoms with Crippen LogP contribution in [0.1, 0.15) is 12.5 Å². The van der Waals surface area contributed by atoms with E-state index >= 15 is 0 Å². The predicted molar refractivity (Wildman–Crippen MR) is 94.4 cm³/mol. The first kappa shape index (κ1) is 17.3. The molecule has 0 saturated heterocycles. The number of aryl methyl sites for hydroxylation is 1. The lowest BCUT2D eigenvalue weighted by molar-refractivity contribution is 0.0846. The monoisotopic (exact) mass is 339 g/mol. The van der Waals surface area contributed by atoms with Crippen LogP contribution < -0.4 is 5.32 Å². The number of aliphatic hydroxyl groups is 1. The summed E-state index contributed by atoms with van der Waals surface area (Å²) in [5, 5.41) is 18.7. The average Bonchev–Trinajstić information content (AvgIpc) is 2.80. The largest absolute Gasteiger partial charge is 0.388 e. The van der Waals surface area contributed by atoms with Gasteiger partial charge in [-0.1, -0.05) is 29.8 Å². The van der Waals surface area contributed by atoms with E-state index in [1.807, 2.05) is 50.7 Å². The second-order valence-corrected chi connectivity index (χ2v) is 6.96. The van der Waals surface area contributed by atoms with Crippen LogP contribution >= 0.6 is 23.4 Å². The van der Waals surface area contributed by atoms with Crippen LogP contribution in [0.25, 0.3) is 11.3 Å². The zero-order chi connectivity index (χ0) is 16.2. The lowest BCUT2D eigenvalue weighted by Crippen LogP contribution is -2.39. The maximum absolute atomic E-state index is 10.2. The Labute approximate surface area is 140 Å². The van der Waals surface area contributed by atoms with E-state index in [0.717, 1.165) is 16.8 Å². The highest BCUT2D eigenvalue weighted by Gasteiger charge is 2.19. The van der Waals surface area contributed by atoms with Gasteiger partial charge in [-0.05, 0) is 19.2 Å². The van der Waals surface area contributed by atoms with Gasteiger partial charge in [-0.2, -0.15) is 16.9 Å². The summed E-state index contributed by atoms with van der Waals surface area (Å²) < 4.78 is 1.79. The van der Waals surface area contributed by atoms with Gasteiger partial charge in [0.05, 0.1) is 16.3 Å². The molecule has 0 radical (unpaired) electrons. The molecule has 0 aliphatic rings. The van der Waals surface area contributed by atoms with Gasteiger partial charge in [0.15, 0.2) is 0 Å². The highest BCUT2D eigenvalue weighted by atomic mass is 35.5. The second kappa shape index (κ2) is 7.51. The molecule has 2 N–H and O–H groups in total. The Bertz CT molecular complexity index is 628. The fraction of sp³-hybridized carbons (Fsp3) is 0.438. The van der Waals surface area contributed by atoms with Crippen molar-refractivity contribution in [1.82, 2.24) is 15.1 Å². The summed E-state index contributed by atoms with van der Waals surface area (Å²) in [6, 6.07) is 7.70. The summed E-state index contributed by atoms with van der Waals surface area (Å²) in [6.45, 7) is 3.01. The first-order chi connectivity index (χ1) is 10.4. The zero-order valence-electron chi connectivity index (χ0n) is 13.1. The summed E-state index contributed by atoms with van der Waals surface area (Å²) in [4.78, 5) is 0. The number of rotatable bonds is 7. The van der Waals surface area contributed by atoms with Gasteiger partial charge in [-0.25, -0.2) is 0 Å². The molecule has 120 valence electrons. The molecule has 0 bridgehead atoms. The molecule has 1 unspecified atom stereocenters. The normalized spacial score (nSPS) is 14.0. The van der Waals surface area contributed by atoms with Crippen molar-refractivity contribution in [3.63, 3.8) is 0 Å². The van der Waals surface area contributed by atoms with E-state index in [0.29, 0.717) is 23.9 Å². The fourth-order valence-electron chi connectivity index (χ4n) is 2.38. The van der Waals surface area contributed by atoms with Gasteiger partial charge in [0.2, 0.25) is 0 Å². The highest BCUT2D eigenvalue weighted by molar-refractivity contribution is 7.98. The van der Waals surface area contributed by atoms with Crippen LogP contribution in [0, 0.1) is 0 Å². The van der Waals surface area contributed by atoms with Crippen LogP contribution in [-0.4, -0.2) is 39.0 Å². The number of halogens is 1. The van der Waals surface area contributed by atoms with Crippen molar-refractivity contribution in [3.8, 4) is 11.3 Å². The predicted octanol–water partition coefficient (Wildman–Crippen LogP) is 2.94. The van der Waals surface area contributed by atoms with E-state index < -0.39 is 5.60 Å². The third-order valence-electron chi connectivity index (χ3n) is 3.31. The van der Waals surface area contributed by atoms with Crippen LogP contribution in [-0.2, 0) is 13.6 Å². The first-order valence-electron chi connectivity index (χ1n) is 7.12. The third kappa shape index (κ3) is 4.49. The maximum Gasteiger partial charge on any atom is 0.0982 e. The van der Waals surface area contributed by atoms with Crippen LogP contribution in [0.3, 0.4) is 0 Å². The summed E-state index contributed by atoms with van der Waals surface area (Å²) in [6.07, 6.45) is 3.97. The van der Waals surface area contributed by atoms with Gasteiger partial charge >= 0.3 is 0 Å². The van der Waals surface area contributed by atoms with E-state index in [1.165, 1.54) is 0 Å². The minimum absolute atomic E-state index is 0.532. The minimum atomic E-state index is -0.716. The number of nitrogens with one attached hydrogen (secondary N) is 1. The number of hydrogen-bond acceptors (Lipinski definition) is 4. The van der Waals surface area contributed by atoms with Gasteiger partial charge < -0.3 is 10.4 Å². The van der Waals surface area contributed by atoms with Crippen LogP contribution in [0.5, 0.6) is 0 Å². The topological polar surface area (TPSA) is 50.1 Å². The van der Waals surface area contributed by atoms with Gasteiger partial charge in [0, 0.05) is 43.2 Å². The number of hydrogen-bond donors (Lipinski definition) is 2. The molecule has 4 nitrogen and oxygen atoms in total. The smallest absolute Gasteiger partial charge is 0.0982 e. The first-order valence-corrected chi connectivity index (χ1v) is 8.89. The molecular formula is C16H22ClN3OS. The molecule has 22 heavy (non-hydrogen) atoms. The Hall–Kier alpha value is -1.01. The van der Waals surface area contributed by atoms with E-state index in [9.17, 15) is 5.11 Å². The standard InChI is InChI=1S/C16H22ClN3OS/c1-16(21,11-22-3)10-18-8-12-9-20(2)19-15(12)13-6-4-5-7-14(13)17/h4-7,9,18,21H,8,10-11H2,1-3H3. The molecule has 6 heteroatoms. The van der Waals surface area contributed by atoms with Crippen LogP contribution in [0.15, 0.2) is 30.5 Å². The van der Waals surface area contributed by atoms with Crippen molar-refractivity contribution in [2.24, 2.45) is 7.05 Å². The quantitative estimate of drug-likeness (QED) is 0.814. The Morgan fingerprint density at radius 3 is 2.82 bits per heavy atom. The molecule has 0 amide bonds. The third-order valence-corrected chi connectivity index (χ3v) is 4.55. The van der Waals surface area contributed by atoms with E-state index in [2.05, 4.69) is 10.4 Å². The molecule has 1 heterocycles. The van der Waals surface area contributed by atoms with Crippen molar-refractivity contribution >= 4 is 23.4 Å². The Kier molecular flexibility index (Phi) is 5.92. The summed E-state index contributed by atoms with van der Waals surface area (Å²) >= 11 is 7.91. The summed E-state index contributed by atoms with van der Waals surface area (Å²) in [7, 11) is 1.90. The lowest BCUT2D eigenvalue weighted by atomic mass is 10.1. The molecule has 1 aromatic heterocycles. The molecule has 1 atom stereocenters. The van der Waals surface area contributed by atoms with Crippen molar-refractivity contribution in [3.05, 3.63) is 41.0 Å². The van der Waals surface area contributed by atoms with Gasteiger partial charge in [0.1, 0.15) is 0 Å². The number of aromatic nitrogens is 2. The number of thioether (sulfide) groups is 1. The van der Waals surface area contributed by atoms with Gasteiger partial charge in [0.25, 0.3) is 0 Å². The molecule has 0 spiro atoms. The summed E-state index contributed by atoms with van der Waals surface area (Å²) in [5.41, 5.74) is 2.16. The number of nitrogens with zero attached hydrogens (tertiary/aromatic N) is 2. The molecule has 0 aliphatic heterocycles. The molecule has 0 saturated carbocycles. The maximum atomic E-state index is 10.2. The van der Waals surface area contributed by atoms with Gasteiger partial charge in [-0.15, -0.1) is 0 Å². The molecule has 0 aliphatic carbocycles. The molecule has 2 rings (SSSR count). The van der Waals surface area contributed by atoms with Crippen molar-refractivity contribution in [1.29, 1.82) is 0 Å². The van der Waals surface area contributed by atoms with Crippen molar-refractivity contribution in [2.45, 2.75) is 19.1 Å². The molecule has 1 aromatic carbocycles. The van der Waals surface area contributed by atoms with Crippen LogP contribution in [0.2, 0.25) is 5.02 Å². The molecular weight excluding hydrogens is 318 g/mol. The average molecular weight is 340 g/mol. The van der Waals surface area contributed by atoms with Crippen molar-refractivity contribution < 1.29 is 5.11 Å². The lowest BCUT2D eigenvalue weighted by Gasteiger charge is -2.22. The van der Waals surface area contributed by atoms with E-state index in [-0.39, 0.29) is 0 Å². The van der Waals surface area contributed by atoms with Crippen LogP contribution in [0.4, 0.5) is 0 Å². The summed E-state index contributed by atoms with van der Waals surface area (Å²) in [5.74, 6) is 0.699. The second-order valence-electron chi connectivity index (χ2n) is 5.69. The zero-order valence-corrected chi connectivity index (χ0v) is 14.7. The van der Waals surface area contributed by atoms with E-state index in [4.69, 9.17) is 11.6 Å².